The first kappa shape index (κ1) is 15.4. The molecule has 9 nitrogen and oxygen atoms in total. The number of ether oxygens (including phenoxy) is 1. The number of hydrogen-bond acceptors (Lipinski definition) is 9. The van der Waals surface area contributed by atoms with Crippen molar-refractivity contribution in [2.45, 2.75) is 11.3 Å². The fraction of sp³-hybridized carbons (Fsp3) is 0.167. The standard InChI is InChI=1S/C12H11N5O4S2/c1-2-21-10(18)7-4-3-5-8-9(7)15-11(13)17(8)23(19,20)12-16-14-6-22-12/h3-6H,2H2,1H3,(H2,13,15). The Hall–Kier alpha value is -2.53. The molecule has 0 aliphatic heterocycles. The molecule has 0 radical (unpaired) electrons. The fourth-order valence-electron chi connectivity index (χ4n) is 2.08. The number of esters is 1. The Morgan fingerprint density at radius 2 is 2.22 bits per heavy atom. The lowest BCUT2D eigenvalue weighted by molar-refractivity contribution is 0.0528. The highest BCUT2D eigenvalue weighted by Gasteiger charge is 2.28. The molecule has 3 aromatic rings. The van der Waals surface area contributed by atoms with E-state index in [0.29, 0.717) is 0 Å². The van der Waals surface area contributed by atoms with Crippen molar-refractivity contribution in [3.05, 3.63) is 29.3 Å². The molecule has 11 heteroatoms. The molecule has 23 heavy (non-hydrogen) atoms. The van der Waals surface area contributed by atoms with Gasteiger partial charge in [-0.15, -0.1) is 10.2 Å². The van der Waals surface area contributed by atoms with Crippen LogP contribution >= 0.6 is 11.3 Å². The van der Waals surface area contributed by atoms with Crippen molar-refractivity contribution in [3.8, 4) is 0 Å². The molecule has 0 fully saturated rings. The average molecular weight is 353 g/mol. The first-order chi connectivity index (χ1) is 11.0. The molecular formula is C12H11N5O4S2. The molecule has 0 saturated carbocycles. The van der Waals surface area contributed by atoms with E-state index in [1.165, 1.54) is 23.7 Å². The van der Waals surface area contributed by atoms with E-state index in [0.717, 1.165) is 15.3 Å². The SMILES string of the molecule is CCOC(=O)c1cccc2c1nc(N)n2S(=O)(=O)c1nncs1. The number of rotatable bonds is 4. The lowest BCUT2D eigenvalue weighted by Gasteiger charge is -2.05. The van der Waals surface area contributed by atoms with Gasteiger partial charge < -0.3 is 10.5 Å². The number of nitrogens with zero attached hydrogens (tertiary/aromatic N) is 4. The van der Waals surface area contributed by atoms with E-state index in [9.17, 15) is 13.2 Å². The third-order valence-corrected chi connectivity index (χ3v) is 5.76. The van der Waals surface area contributed by atoms with Gasteiger partial charge in [-0.1, -0.05) is 17.4 Å². The summed E-state index contributed by atoms with van der Waals surface area (Å²) in [6.45, 7) is 1.86. The van der Waals surface area contributed by atoms with Crippen LogP contribution in [0.25, 0.3) is 11.0 Å². The second-order valence-corrected chi connectivity index (χ2v) is 7.13. The van der Waals surface area contributed by atoms with E-state index in [2.05, 4.69) is 15.2 Å². The Labute approximate surface area is 134 Å². The van der Waals surface area contributed by atoms with Gasteiger partial charge in [0.05, 0.1) is 17.7 Å². The van der Waals surface area contributed by atoms with E-state index in [-0.39, 0.29) is 33.5 Å². The second kappa shape index (κ2) is 5.59. The van der Waals surface area contributed by atoms with Gasteiger partial charge in [0.2, 0.25) is 5.95 Å². The number of nitrogens with two attached hydrogens (primary N) is 1. The molecule has 2 N–H and O–H groups in total. The Morgan fingerprint density at radius 1 is 1.43 bits per heavy atom. The van der Waals surface area contributed by atoms with Crippen LogP contribution < -0.4 is 5.73 Å². The third kappa shape index (κ3) is 2.43. The molecule has 0 saturated heterocycles. The summed E-state index contributed by atoms with van der Waals surface area (Å²) in [5.41, 5.74) is 7.52. The second-order valence-electron chi connectivity index (χ2n) is 4.34. The summed E-state index contributed by atoms with van der Waals surface area (Å²) in [6, 6.07) is 4.52. The molecule has 2 aromatic heterocycles. The Balaban J connectivity index is 2.27. The number of carbonyl (C=O) groups excluding carboxylic acids is 1. The molecule has 1 aromatic carbocycles. The molecule has 0 atom stereocenters. The summed E-state index contributed by atoms with van der Waals surface area (Å²) in [6.07, 6.45) is 0. The summed E-state index contributed by atoms with van der Waals surface area (Å²) in [5, 5.41) is 7.08. The molecule has 0 bridgehead atoms. The quantitative estimate of drug-likeness (QED) is 0.684. The minimum atomic E-state index is -4.04. The van der Waals surface area contributed by atoms with Crippen molar-refractivity contribution in [2.24, 2.45) is 0 Å². The van der Waals surface area contributed by atoms with Crippen LogP contribution in [0.1, 0.15) is 17.3 Å². The molecule has 3 rings (SSSR count). The van der Waals surface area contributed by atoms with Gasteiger partial charge in [0, 0.05) is 0 Å². The van der Waals surface area contributed by atoms with Gasteiger partial charge in [-0.2, -0.15) is 12.4 Å². The van der Waals surface area contributed by atoms with Crippen LogP contribution in [0.4, 0.5) is 5.95 Å². The van der Waals surface area contributed by atoms with Crippen molar-refractivity contribution in [2.75, 3.05) is 12.3 Å². The third-order valence-electron chi connectivity index (χ3n) is 2.96. The predicted octanol–water partition coefficient (Wildman–Crippen LogP) is 0.884. The van der Waals surface area contributed by atoms with E-state index >= 15 is 0 Å². The molecule has 0 spiro atoms. The number of para-hydroxylation sites is 1. The van der Waals surface area contributed by atoms with Crippen LogP contribution in [0.15, 0.2) is 28.0 Å². The summed E-state index contributed by atoms with van der Waals surface area (Å²) < 4.78 is 30.8. The highest BCUT2D eigenvalue weighted by atomic mass is 32.2. The number of imidazole rings is 1. The number of aromatic nitrogens is 4. The van der Waals surface area contributed by atoms with Crippen LogP contribution in [0.3, 0.4) is 0 Å². The Morgan fingerprint density at radius 3 is 2.87 bits per heavy atom. The Bertz CT molecular complexity index is 978. The molecule has 0 amide bonds. The number of nitrogen functional groups attached to an aromatic ring is 1. The molecule has 0 aliphatic rings. The fourth-order valence-corrected chi connectivity index (χ4v) is 4.19. The number of hydrogen-bond donors (Lipinski definition) is 1. The first-order valence-electron chi connectivity index (χ1n) is 6.42. The molecule has 120 valence electrons. The molecule has 0 unspecified atom stereocenters. The van der Waals surface area contributed by atoms with Crippen molar-refractivity contribution in [1.29, 1.82) is 0 Å². The van der Waals surface area contributed by atoms with Crippen LogP contribution in [0, 0.1) is 0 Å². The minimum Gasteiger partial charge on any atom is -0.462 e. The van der Waals surface area contributed by atoms with Gasteiger partial charge in [0.15, 0.2) is 0 Å². The summed E-state index contributed by atoms with van der Waals surface area (Å²) in [4.78, 5) is 16.0. The zero-order valence-electron chi connectivity index (χ0n) is 11.8. The van der Waals surface area contributed by atoms with E-state index in [1.807, 2.05) is 0 Å². The monoisotopic (exact) mass is 353 g/mol. The van der Waals surface area contributed by atoms with Crippen molar-refractivity contribution >= 4 is 44.3 Å². The molecule has 2 heterocycles. The number of fused-ring (bicyclic) bond motifs is 1. The molecular weight excluding hydrogens is 342 g/mol. The maximum Gasteiger partial charge on any atom is 0.340 e. The Kier molecular flexibility index (Phi) is 3.74. The summed E-state index contributed by atoms with van der Waals surface area (Å²) in [5.74, 6) is -0.872. The summed E-state index contributed by atoms with van der Waals surface area (Å²) in [7, 11) is -4.04. The topological polar surface area (TPSA) is 130 Å². The lowest BCUT2D eigenvalue weighted by atomic mass is 10.2. The minimum absolute atomic E-state index is 0.141. The van der Waals surface area contributed by atoms with Gasteiger partial charge in [0.25, 0.3) is 14.4 Å². The average Bonchev–Trinajstić information content (AvgIpc) is 3.13. The van der Waals surface area contributed by atoms with E-state index in [4.69, 9.17) is 10.5 Å². The van der Waals surface area contributed by atoms with Gasteiger partial charge >= 0.3 is 5.97 Å². The van der Waals surface area contributed by atoms with Gasteiger partial charge in [-0.3, -0.25) is 0 Å². The van der Waals surface area contributed by atoms with Crippen LogP contribution in [0.5, 0.6) is 0 Å². The van der Waals surface area contributed by atoms with Crippen molar-refractivity contribution < 1.29 is 17.9 Å². The first-order valence-corrected chi connectivity index (χ1v) is 8.74. The number of carbonyl (C=O) groups is 1. The van der Waals surface area contributed by atoms with E-state index in [1.54, 1.807) is 6.92 Å². The van der Waals surface area contributed by atoms with Crippen molar-refractivity contribution in [1.82, 2.24) is 19.2 Å². The van der Waals surface area contributed by atoms with Crippen LogP contribution in [0.2, 0.25) is 0 Å². The van der Waals surface area contributed by atoms with Gasteiger partial charge in [-0.25, -0.2) is 9.78 Å². The summed E-state index contributed by atoms with van der Waals surface area (Å²) >= 11 is 0.858. The highest BCUT2D eigenvalue weighted by molar-refractivity contribution is 7.92. The van der Waals surface area contributed by atoms with Crippen LogP contribution in [-0.4, -0.2) is 40.1 Å². The van der Waals surface area contributed by atoms with Crippen molar-refractivity contribution in [3.63, 3.8) is 0 Å². The van der Waals surface area contributed by atoms with Crippen LogP contribution in [-0.2, 0) is 14.8 Å². The van der Waals surface area contributed by atoms with Gasteiger partial charge in [0.1, 0.15) is 11.0 Å². The van der Waals surface area contributed by atoms with Gasteiger partial charge in [-0.05, 0) is 19.1 Å². The number of anilines is 1. The zero-order chi connectivity index (χ0) is 16.6. The highest BCUT2D eigenvalue weighted by Crippen LogP contribution is 2.27. The maximum absolute atomic E-state index is 12.6. The molecule has 0 aliphatic carbocycles. The predicted molar refractivity (Wildman–Crippen MR) is 82.6 cm³/mol. The maximum atomic E-state index is 12.6. The largest absolute Gasteiger partial charge is 0.462 e. The van der Waals surface area contributed by atoms with E-state index < -0.39 is 16.0 Å². The zero-order valence-corrected chi connectivity index (χ0v) is 13.5. The number of benzene rings is 1. The smallest absolute Gasteiger partial charge is 0.340 e. The normalized spacial score (nSPS) is 11.7. The lowest BCUT2D eigenvalue weighted by Crippen LogP contribution is -2.15.